The fourth-order valence-corrected chi connectivity index (χ4v) is 7.00. The fraction of sp³-hybridized carbons (Fsp3) is 0.656. The molecule has 0 unspecified atom stereocenters. The van der Waals surface area contributed by atoms with E-state index in [0.717, 1.165) is 30.2 Å². The summed E-state index contributed by atoms with van der Waals surface area (Å²) < 4.78 is 11.8. The van der Waals surface area contributed by atoms with Gasteiger partial charge in [0.25, 0.3) is 0 Å². The van der Waals surface area contributed by atoms with Crippen molar-refractivity contribution < 1.29 is 33.8 Å². The van der Waals surface area contributed by atoms with Crippen molar-refractivity contribution in [2.24, 2.45) is 5.92 Å². The summed E-state index contributed by atoms with van der Waals surface area (Å²) in [5.41, 5.74) is -1.43. The molecule has 1 aliphatic carbocycles. The number of aromatic nitrogens is 4. The molecule has 5 atom stereocenters. The fourth-order valence-electron chi connectivity index (χ4n) is 6.51. The lowest BCUT2D eigenvalue weighted by atomic mass is 10.0. The van der Waals surface area contributed by atoms with Crippen LogP contribution in [0.1, 0.15) is 91.5 Å². The molecule has 5 rings (SSSR count). The maximum Gasteiger partial charge on any atom is 0.408 e. The van der Waals surface area contributed by atoms with Crippen molar-refractivity contribution in [1.29, 1.82) is 0 Å². The predicted octanol–water partition coefficient (Wildman–Crippen LogP) is 4.24. The van der Waals surface area contributed by atoms with E-state index in [2.05, 4.69) is 42.0 Å². The molecule has 3 fully saturated rings. The number of amides is 3. The summed E-state index contributed by atoms with van der Waals surface area (Å²) in [4.78, 5) is 56.2. The molecule has 47 heavy (non-hydrogen) atoms. The quantitative estimate of drug-likeness (QED) is 0.392. The Morgan fingerprint density at radius 3 is 2.55 bits per heavy atom. The van der Waals surface area contributed by atoms with E-state index in [4.69, 9.17) is 9.47 Å². The molecule has 0 radical (unpaired) electrons. The monoisotopic (exact) mass is 717 g/mol. The average Bonchev–Trinajstić information content (AvgIpc) is 3.32. The van der Waals surface area contributed by atoms with E-state index < -0.39 is 53.1 Å². The maximum absolute atomic E-state index is 14.2. The van der Waals surface area contributed by atoms with Gasteiger partial charge in [0.1, 0.15) is 29.0 Å². The SMILES string of the molecule is CCOc1ccc(-c2nnn([C@H]3C[C@H]4C(=O)N[C@@]5(C(=O)O)C[C@H]5CCCCCCC[C@H](NC(=O)OC(C)(C)C)C(=O)N4C3)n2)cc1Br. The average molecular weight is 719 g/mol. The summed E-state index contributed by atoms with van der Waals surface area (Å²) in [6.07, 6.45) is 5.09. The number of fused-ring (bicyclic) bond motifs is 2. The number of aliphatic carboxylic acids is 1. The summed E-state index contributed by atoms with van der Waals surface area (Å²) in [6.45, 7) is 7.70. The predicted molar refractivity (Wildman–Crippen MR) is 173 cm³/mol. The molecule has 1 aromatic heterocycles. The molecular weight excluding hydrogens is 674 g/mol. The van der Waals surface area contributed by atoms with Crippen molar-refractivity contribution in [3.8, 4) is 17.1 Å². The van der Waals surface area contributed by atoms with Gasteiger partial charge in [0.05, 0.1) is 17.1 Å². The molecule has 2 aliphatic heterocycles. The van der Waals surface area contributed by atoms with E-state index in [1.807, 2.05) is 19.1 Å². The highest BCUT2D eigenvalue weighted by atomic mass is 79.9. The molecule has 14 nitrogen and oxygen atoms in total. The van der Waals surface area contributed by atoms with Crippen LogP contribution in [0.15, 0.2) is 22.7 Å². The number of carboxylic acid groups (broad SMARTS) is 1. The van der Waals surface area contributed by atoms with Gasteiger partial charge in [0, 0.05) is 18.5 Å². The molecule has 2 aromatic rings. The van der Waals surface area contributed by atoms with Crippen molar-refractivity contribution in [2.75, 3.05) is 13.2 Å². The Hall–Kier alpha value is -3.75. The standard InChI is InChI=1S/C32H44BrN7O7/c1-5-46-25-14-13-19(15-22(25)33)26-36-38-40(37-26)21-16-24-27(41)35-32(29(43)44)17-20(32)11-9-7-6-8-10-12-23(28(42)39(24)18-21)34-30(45)47-31(2,3)4/h13-15,20-21,23-24H,5-12,16-18H2,1-4H3,(H,34,45)(H,35,41)(H,43,44)/t20-,21+,23+,24+,32+/m1/s1. The lowest BCUT2D eigenvalue weighted by molar-refractivity contribution is -0.146. The highest BCUT2D eigenvalue weighted by molar-refractivity contribution is 9.10. The number of carboxylic acids is 1. The summed E-state index contributed by atoms with van der Waals surface area (Å²) in [5, 5.41) is 28.8. The third-order valence-corrected chi connectivity index (χ3v) is 9.60. The van der Waals surface area contributed by atoms with Gasteiger partial charge in [-0.2, -0.15) is 4.80 Å². The third kappa shape index (κ3) is 8.04. The first-order chi connectivity index (χ1) is 22.3. The number of rotatable bonds is 6. The van der Waals surface area contributed by atoms with Crippen LogP contribution in [-0.4, -0.2) is 90.5 Å². The van der Waals surface area contributed by atoms with E-state index >= 15 is 0 Å². The van der Waals surface area contributed by atoms with Gasteiger partial charge in [-0.3, -0.25) is 9.59 Å². The first-order valence-corrected chi connectivity index (χ1v) is 17.2. The summed E-state index contributed by atoms with van der Waals surface area (Å²) >= 11 is 3.51. The van der Waals surface area contributed by atoms with Gasteiger partial charge in [-0.15, -0.1) is 10.2 Å². The van der Waals surface area contributed by atoms with Crippen molar-refractivity contribution in [1.82, 2.24) is 35.7 Å². The first kappa shape index (κ1) is 34.6. The van der Waals surface area contributed by atoms with Crippen LogP contribution < -0.4 is 15.4 Å². The molecule has 0 spiro atoms. The third-order valence-electron chi connectivity index (χ3n) is 8.98. The van der Waals surface area contributed by atoms with Gasteiger partial charge in [-0.05, 0) is 92.2 Å². The summed E-state index contributed by atoms with van der Waals surface area (Å²) in [7, 11) is 0. The van der Waals surface area contributed by atoms with E-state index in [9.17, 15) is 24.3 Å². The Kier molecular flexibility index (Phi) is 10.4. The number of nitrogens with one attached hydrogen (secondary N) is 2. The molecule has 3 amide bonds. The van der Waals surface area contributed by atoms with Crippen LogP contribution >= 0.6 is 15.9 Å². The lowest BCUT2D eigenvalue weighted by Crippen LogP contribution is -2.56. The zero-order valence-corrected chi connectivity index (χ0v) is 28.9. The molecule has 3 aliphatic rings. The van der Waals surface area contributed by atoms with E-state index in [-0.39, 0.29) is 18.9 Å². The van der Waals surface area contributed by atoms with Crippen LogP contribution in [-0.2, 0) is 19.1 Å². The minimum Gasteiger partial charge on any atom is -0.493 e. The topological polar surface area (TPSA) is 178 Å². The molecule has 15 heteroatoms. The molecule has 0 bridgehead atoms. The second-order valence-corrected chi connectivity index (χ2v) is 14.5. The van der Waals surface area contributed by atoms with Gasteiger partial charge >= 0.3 is 12.1 Å². The number of ether oxygens (including phenoxy) is 2. The number of hydrogen-bond acceptors (Lipinski definition) is 9. The van der Waals surface area contributed by atoms with Crippen LogP contribution in [0.4, 0.5) is 4.79 Å². The molecule has 3 N–H and O–H groups in total. The van der Waals surface area contributed by atoms with Crippen LogP contribution in [0.3, 0.4) is 0 Å². The Balaban J connectivity index is 1.43. The lowest BCUT2D eigenvalue weighted by Gasteiger charge is -2.30. The number of nitrogens with zero attached hydrogens (tertiary/aromatic N) is 5. The Bertz CT molecular complexity index is 1490. The number of benzene rings is 1. The minimum absolute atomic E-state index is 0.0652. The van der Waals surface area contributed by atoms with E-state index in [1.165, 1.54) is 9.70 Å². The number of alkyl carbamates (subject to hydrolysis) is 1. The van der Waals surface area contributed by atoms with Gasteiger partial charge < -0.3 is 30.1 Å². The van der Waals surface area contributed by atoms with Gasteiger partial charge in [0.15, 0.2) is 0 Å². The number of carbonyl (C=O) groups is 4. The van der Waals surface area contributed by atoms with Crippen molar-refractivity contribution in [2.45, 2.75) is 115 Å². The number of halogens is 1. The second kappa shape index (κ2) is 14.2. The number of carbonyl (C=O) groups excluding carboxylic acids is 3. The minimum atomic E-state index is -1.35. The van der Waals surface area contributed by atoms with Crippen molar-refractivity contribution >= 4 is 39.8 Å². The normalized spacial score (nSPS) is 27.0. The van der Waals surface area contributed by atoms with Crippen molar-refractivity contribution in [3.05, 3.63) is 22.7 Å². The second-order valence-electron chi connectivity index (χ2n) is 13.6. The van der Waals surface area contributed by atoms with Crippen molar-refractivity contribution in [3.63, 3.8) is 0 Å². The van der Waals surface area contributed by atoms with E-state index in [0.29, 0.717) is 49.4 Å². The van der Waals surface area contributed by atoms with Crippen LogP contribution in [0.2, 0.25) is 0 Å². The smallest absolute Gasteiger partial charge is 0.408 e. The number of tetrazole rings is 1. The van der Waals surface area contributed by atoms with Gasteiger partial charge in [0.2, 0.25) is 17.6 Å². The van der Waals surface area contributed by atoms with Gasteiger partial charge in [-0.25, -0.2) is 9.59 Å². The Labute approximate surface area is 282 Å². The number of hydrogen-bond donors (Lipinski definition) is 3. The first-order valence-electron chi connectivity index (χ1n) is 16.4. The zero-order valence-electron chi connectivity index (χ0n) is 27.3. The van der Waals surface area contributed by atoms with Crippen LogP contribution in [0.25, 0.3) is 11.4 Å². The Morgan fingerprint density at radius 1 is 1.15 bits per heavy atom. The largest absolute Gasteiger partial charge is 0.493 e. The highest BCUT2D eigenvalue weighted by Gasteiger charge is 2.62. The van der Waals surface area contributed by atoms with E-state index in [1.54, 1.807) is 26.8 Å². The highest BCUT2D eigenvalue weighted by Crippen LogP contribution is 2.47. The van der Waals surface area contributed by atoms with Crippen LogP contribution in [0, 0.1) is 5.92 Å². The molecule has 256 valence electrons. The summed E-state index contributed by atoms with van der Waals surface area (Å²) in [5.74, 6) is -1.19. The maximum atomic E-state index is 14.2. The van der Waals surface area contributed by atoms with Gasteiger partial charge in [-0.1, -0.05) is 32.1 Å². The summed E-state index contributed by atoms with van der Waals surface area (Å²) in [6, 6.07) is 2.97. The molecular formula is C32H44BrN7O7. The zero-order chi connectivity index (χ0) is 33.9. The van der Waals surface area contributed by atoms with Crippen LogP contribution in [0.5, 0.6) is 5.75 Å². The Morgan fingerprint density at radius 2 is 1.87 bits per heavy atom. The molecule has 1 saturated carbocycles. The molecule has 1 aromatic carbocycles. The molecule has 2 saturated heterocycles. The molecule has 3 heterocycles.